The molecule has 0 saturated carbocycles. The summed E-state index contributed by atoms with van der Waals surface area (Å²) in [6.07, 6.45) is 0.936. The Morgan fingerprint density at radius 3 is 1.80 bits per heavy atom. The third-order valence-electron chi connectivity index (χ3n) is 3.39. The first kappa shape index (κ1) is 20.8. The van der Waals surface area contributed by atoms with E-state index in [0.717, 1.165) is 0 Å². The first-order valence-corrected chi connectivity index (χ1v) is 7.93. The summed E-state index contributed by atoms with van der Waals surface area (Å²) < 4.78 is 21.2. The second-order valence-corrected chi connectivity index (χ2v) is 5.65. The van der Waals surface area contributed by atoms with Gasteiger partial charge in [-0.3, -0.25) is 14.4 Å². The van der Waals surface area contributed by atoms with Crippen LogP contribution < -0.4 is 18.9 Å². The molecule has 8 heteroatoms. The van der Waals surface area contributed by atoms with E-state index in [9.17, 15) is 14.4 Å². The van der Waals surface area contributed by atoms with Gasteiger partial charge in [-0.2, -0.15) is 0 Å². The van der Waals surface area contributed by atoms with Crippen molar-refractivity contribution in [3.63, 3.8) is 0 Å². The Hall–Kier alpha value is -2.28. The van der Waals surface area contributed by atoms with Gasteiger partial charge < -0.3 is 18.9 Å². The van der Waals surface area contributed by atoms with Gasteiger partial charge >= 0.3 is 11.9 Å². The first-order chi connectivity index (χ1) is 11.7. The average Bonchev–Trinajstić information content (AvgIpc) is 2.51. The molecule has 0 atom stereocenters. The van der Waals surface area contributed by atoms with Crippen LogP contribution in [-0.2, 0) is 20.8 Å². The SMILES string of the molecule is COc1c(OC(C)=O)c(C)c(CCCC(=O)Cl)c(OC(C)=O)c1OC. The maximum atomic E-state index is 11.5. The van der Waals surface area contributed by atoms with Gasteiger partial charge in [0.05, 0.1) is 14.2 Å². The Morgan fingerprint density at radius 2 is 1.36 bits per heavy atom. The van der Waals surface area contributed by atoms with Crippen molar-refractivity contribution in [3.05, 3.63) is 11.1 Å². The summed E-state index contributed by atoms with van der Waals surface area (Å²) in [5, 5.41) is -0.465. The molecule has 0 spiro atoms. The van der Waals surface area contributed by atoms with E-state index in [1.165, 1.54) is 28.1 Å². The number of esters is 2. The highest BCUT2D eigenvalue weighted by molar-refractivity contribution is 6.63. The van der Waals surface area contributed by atoms with Gasteiger partial charge in [0.15, 0.2) is 11.5 Å². The fourth-order valence-corrected chi connectivity index (χ4v) is 2.55. The van der Waals surface area contributed by atoms with E-state index in [2.05, 4.69) is 0 Å². The summed E-state index contributed by atoms with van der Waals surface area (Å²) in [6.45, 7) is 4.22. The number of methoxy groups -OCH3 is 2. The quantitative estimate of drug-likeness (QED) is 0.393. The second-order valence-electron chi connectivity index (χ2n) is 5.22. The smallest absolute Gasteiger partial charge is 0.308 e. The number of ether oxygens (including phenoxy) is 4. The minimum atomic E-state index is -0.547. The third kappa shape index (κ3) is 5.35. The lowest BCUT2D eigenvalue weighted by Crippen LogP contribution is -2.12. The Kier molecular flexibility index (Phi) is 7.70. The summed E-state index contributed by atoms with van der Waals surface area (Å²) in [5.41, 5.74) is 1.12. The summed E-state index contributed by atoms with van der Waals surface area (Å²) in [7, 11) is 2.76. The number of carbonyl (C=O) groups excluding carboxylic acids is 3. The molecule has 1 aromatic carbocycles. The van der Waals surface area contributed by atoms with Crippen LogP contribution >= 0.6 is 11.6 Å². The van der Waals surface area contributed by atoms with Gasteiger partial charge in [0, 0.05) is 31.4 Å². The molecule has 0 aliphatic carbocycles. The lowest BCUT2D eigenvalue weighted by atomic mass is 9.99. The van der Waals surface area contributed by atoms with E-state index < -0.39 is 17.2 Å². The molecule has 0 aliphatic heterocycles. The maximum absolute atomic E-state index is 11.5. The number of hydrogen-bond acceptors (Lipinski definition) is 7. The van der Waals surface area contributed by atoms with Crippen molar-refractivity contribution in [2.24, 2.45) is 0 Å². The van der Waals surface area contributed by atoms with Crippen LogP contribution in [0.3, 0.4) is 0 Å². The van der Waals surface area contributed by atoms with E-state index in [1.54, 1.807) is 6.92 Å². The van der Waals surface area contributed by atoms with Gasteiger partial charge in [0.25, 0.3) is 0 Å². The van der Waals surface area contributed by atoms with Gasteiger partial charge in [-0.25, -0.2) is 0 Å². The molecule has 0 bridgehead atoms. The van der Waals surface area contributed by atoms with E-state index in [-0.39, 0.29) is 29.4 Å². The lowest BCUT2D eigenvalue weighted by molar-refractivity contribution is -0.133. The van der Waals surface area contributed by atoms with Crippen LogP contribution in [-0.4, -0.2) is 31.4 Å². The standard InChI is InChI=1S/C17H21ClO7/c1-9-12(7-6-8-13(18)21)15(25-11(3)20)17(23-5)16(22-4)14(9)24-10(2)19/h6-8H2,1-5H3. The molecule has 0 amide bonds. The van der Waals surface area contributed by atoms with Gasteiger partial charge in [0.2, 0.25) is 16.7 Å². The summed E-state index contributed by atoms with van der Waals surface area (Å²) in [5.74, 6) is -0.465. The molecule has 1 rings (SSSR count). The first-order valence-electron chi connectivity index (χ1n) is 7.55. The molecule has 0 radical (unpaired) electrons. The van der Waals surface area contributed by atoms with E-state index in [0.29, 0.717) is 24.0 Å². The van der Waals surface area contributed by atoms with E-state index in [1.807, 2.05) is 0 Å². The molecule has 0 heterocycles. The number of hydrogen-bond donors (Lipinski definition) is 0. The Morgan fingerprint density at radius 1 is 0.880 bits per heavy atom. The second kappa shape index (κ2) is 9.27. The van der Waals surface area contributed by atoms with Gasteiger partial charge in [-0.15, -0.1) is 0 Å². The van der Waals surface area contributed by atoms with E-state index in [4.69, 9.17) is 30.5 Å². The van der Waals surface area contributed by atoms with Gasteiger partial charge in [0.1, 0.15) is 0 Å². The maximum Gasteiger partial charge on any atom is 0.308 e. The Bertz CT molecular complexity index is 682. The van der Waals surface area contributed by atoms with Crippen molar-refractivity contribution in [1.29, 1.82) is 0 Å². The molecule has 25 heavy (non-hydrogen) atoms. The average molecular weight is 373 g/mol. The van der Waals surface area contributed by atoms with E-state index >= 15 is 0 Å². The molecule has 7 nitrogen and oxygen atoms in total. The van der Waals surface area contributed by atoms with Crippen molar-refractivity contribution in [1.82, 2.24) is 0 Å². The minimum absolute atomic E-state index is 0.131. The van der Waals surface area contributed by atoms with Crippen LogP contribution in [0.15, 0.2) is 0 Å². The zero-order chi connectivity index (χ0) is 19.1. The zero-order valence-electron chi connectivity index (χ0n) is 14.9. The normalized spacial score (nSPS) is 10.2. The molecule has 0 aliphatic rings. The predicted molar refractivity (Wildman–Crippen MR) is 90.7 cm³/mol. The molecule has 0 unspecified atom stereocenters. The van der Waals surface area contributed by atoms with Crippen LogP contribution in [0, 0.1) is 6.92 Å². The summed E-state index contributed by atoms with van der Waals surface area (Å²) >= 11 is 5.38. The number of rotatable bonds is 8. The summed E-state index contributed by atoms with van der Waals surface area (Å²) in [6, 6.07) is 0. The predicted octanol–water partition coefficient (Wildman–Crippen LogP) is 2.95. The molecule has 0 saturated heterocycles. The monoisotopic (exact) mass is 372 g/mol. The van der Waals surface area contributed by atoms with Crippen molar-refractivity contribution in [3.8, 4) is 23.0 Å². The van der Waals surface area contributed by atoms with Crippen LogP contribution in [0.25, 0.3) is 0 Å². The molecular formula is C17H21ClO7. The topological polar surface area (TPSA) is 88.1 Å². The Balaban J connectivity index is 3.58. The van der Waals surface area contributed by atoms with Crippen molar-refractivity contribution < 1.29 is 33.3 Å². The molecule has 0 aromatic heterocycles. The highest BCUT2D eigenvalue weighted by atomic mass is 35.5. The Labute approximate surface area is 151 Å². The van der Waals surface area contributed by atoms with Crippen molar-refractivity contribution in [2.75, 3.05) is 14.2 Å². The largest absolute Gasteiger partial charge is 0.490 e. The molecular weight excluding hydrogens is 352 g/mol. The number of halogens is 1. The number of benzene rings is 1. The highest BCUT2D eigenvalue weighted by Crippen LogP contribution is 2.50. The zero-order valence-corrected chi connectivity index (χ0v) is 15.6. The minimum Gasteiger partial charge on any atom is -0.490 e. The molecule has 1 aromatic rings. The van der Waals surface area contributed by atoms with Gasteiger partial charge in [-0.05, 0) is 31.4 Å². The van der Waals surface area contributed by atoms with Crippen molar-refractivity contribution >= 4 is 28.8 Å². The van der Waals surface area contributed by atoms with Crippen LogP contribution in [0.1, 0.15) is 37.8 Å². The fraction of sp³-hybridized carbons (Fsp3) is 0.471. The number of carbonyl (C=O) groups is 3. The molecule has 138 valence electrons. The van der Waals surface area contributed by atoms with Crippen LogP contribution in [0.2, 0.25) is 0 Å². The van der Waals surface area contributed by atoms with Crippen LogP contribution in [0.4, 0.5) is 0 Å². The van der Waals surface area contributed by atoms with Crippen LogP contribution in [0.5, 0.6) is 23.0 Å². The van der Waals surface area contributed by atoms with Gasteiger partial charge in [-0.1, -0.05) is 0 Å². The fourth-order valence-electron chi connectivity index (χ4n) is 2.42. The molecule has 0 N–H and O–H groups in total. The summed E-state index contributed by atoms with van der Waals surface area (Å²) in [4.78, 5) is 33.9. The highest BCUT2D eigenvalue weighted by Gasteiger charge is 2.27. The van der Waals surface area contributed by atoms with Crippen molar-refractivity contribution in [2.45, 2.75) is 40.0 Å². The molecule has 0 fully saturated rings. The third-order valence-corrected chi connectivity index (χ3v) is 3.57. The lowest BCUT2D eigenvalue weighted by Gasteiger charge is -2.21.